The lowest BCUT2D eigenvalue weighted by atomic mass is 9.86. The maximum atomic E-state index is 4.68. The van der Waals surface area contributed by atoms with E-state index in [2.05, 4.69) is 39.1 Å². The van der Waals surface area contributed by atoms with Gasteiger partial charge in [-0.15, -0.1) is 11.3 Å². The van der Waals surface area contributed by atoms with Crippen LogP contribution < -0.4 is 0 Å². The van der Waals surface area contributed by atoms with Crippen LogP contribution in [0.2, 0.25) is 0 Å². The van der Waals surface area contributed by atoms with Gasteiger partial charge in [0.1, 0.15) is 0 Å². The molecule has 0 N–H and O–H groups in total. The van der Waals surface area contributed by atoms with E-state index in [1.54, 1.807) is 0 Å². The summed E-state index contributed by atoms with van der Waals surface area (Å²) in [7, 11) is 0. The van der Waals surface area contributed by atoms with Gasteiger partial charge in [0.15, 0.2) is 0 Å². The van der Waals surface area contributed by atoms with Crippen molar-refractivity contribution in [2.75, 3.05) is 0 Å². The van der Waals surface area contributed by atoms with Gasteiger partial charge in [-0.1, -0.05) is 22.4 Å². The minimum atomic E-state index is 0.756. The van der Waals surface area contributed by atoms with Crippen molar-refractivity contribution in [3.63, 3.8) is 0 Å². The molecule has 2 aromatic rings. The molecule has 0 aliphatic heterocycles. The van der Waals surface area contributed by atoms with Crippen molar-refractivity contribution in [3.8, 4) is 0 Å². The summed E-state index contributed by atoms with van der Waals surface area (Å²) in [5.41, 5.74) is 1.14. The van der Waals surface area contributed by atoms with Crippen LogP contribution in [0, 0.1) is 0 Å². The normalized spacial score (nSPS) is 17.2. The maximum absolute atomic E-state index is 4.68. The summed E-state index contributed by atoms with van der Waals surface area (Å²) in [6, 6.07) is 6.35. The average molecular weight is 268 g/mol. The third-order valence-corrected chi connectivity index (χ3v) is 4.51. The molecule has 1 aromatic carbocycles. The molecule has 0 atom stereocenters. The van der Waals surface area contributed by atoms with Crippen molar-refractivity contribution in [1.29, 1.82) is 0 Å². The van der Waals surface area contributed by atoms with Crippen molar-refractivity contribution in [2.24, 2.45) is 0 Å². The quantitative estimate of drug-likeness (QED) is 0.750. The number of hydrogen-bond donors (Lipinski definition) is 0. The molecule has 14 heavy (non-hydrogen) atoms. The second kappa shape index (κ2) is 3.31. The van der Waals surface area contributed by atoms with Gasteiger partial charge in [0.05, 0.1) is 15.2 Å². The number of thiazole rings is 1. The molecule has 1 aromatic heterocycles. The summed E-state index contributed by atoms with van der Waals surface area (Å²) in [5.74, 6) is 0.756. The van der Waals surface area contributed by atoms with Gasteiger partial charge in [-0.2, -0.15) is 0 Å². The van der Waals surface area contributed by atoms with E-state index in [0.29, 0.717) is 0 Å². The lowest BCUT2D eigenvalue weighted by Gasteiger charge is -2.22. The molecule has 3 heteroatoms. The van der Waals surface area contributed by atoms with Crippen LogP contribution in [0.1, 0.15) is 30.2 Å². The van der Waals surface area contributed by atoms with Crippen LogP contribution in [-0.4, -0.2) is 4.98 Å². The monoisotopic (exact) mass is 267 g/mol. The molecule has 1 saturated carbocycles. The summed E-state index contributed by atoms with van der Waals surface area (Å²) >= 11 is 5.33. The molecular formula is C11H10BrNS. The maximum Gasteiger partial charge on any atom is 0.0969 e. The van der Waals surface area contributed by atoms with E-state index in [4.69, 9.17) is 0 Å². The first-order valence-electron chi connectivity index (χ1n) is 4.89. The zero-order valence-electron chi connectivity index (χ0n) is 7.66. The Hall–Kier alpha value is -0.410. The van der Waals surface area contributed by atoms with E-state index in [9.17, 15) is 0 Å². The molecule has 1 aliphatic carbocycles. The second-order valence-electron chi connectivity index (χ2n) is 3.79. The van der Waals surface area contributed by atoms with E-state index in [1.807, 2.05) is 11.3 Å². The molecule has 72 valence electrons. The Bertz CT molecular complexity index is 473. The van der Waals surface area contributed by atoms with Gasteiger partial charge in [-0.3, -0.25) is 0 Å². The Kier molecular flexibility index (Phi) is 2.10. The molecular weight excluding hydrogens is 258 g/mol. The minimum absolute atomic E-state index is 0.756. The number of fused-ring (bicyclic) bond motifs is 1. The molecule has 0 bridgehead atoms. The highest BCUT2D eigenvalue weighted by Crippen LogP contribution is 2.40. The molecule has 0 amide bonds. The molecule has 3 rings (SSSR count). The molecule has 1 aliphatic rings. The van der Waals surface area contributed by atoms with E-state index >= 15 is 0 Å². The largest absolute Gasteiger partial charge is 0.241 e. The number of halogens is 1. The summed E-state index contributed by atoms with van der Waals surface area (Å²) in [6.45, 7) is 0. The van der Waals surface area contributed by atoms with Crippen LogP contribution in [0.4, 0.5) is 0 Å². The number of aromatic nitrogens is 1. The first kappa shape index (κ1) is 8.86. The molecule has 0 spiro atoms. The SMILES string of the molecule is Brc1ccc2sc(C3CCC3)nc2c1. The number of rotatable bonds is 1. The van der Waals surface area contributed by atoms with Crippen molar-refractivity contribution in [1.82, 2.24) is 4.98 Å². The highest BCUT2D eigenvalue weighted by molar-refractivity contribution is 9.10. The first-order chi connectivity index (χ1) is 6.83. The number of benzene rings is 1. The lowest BCUT2D eigenvalue weighted by molar-refractivity contribution is 0.419. The topological polar surface area (TPSA) is 12.9 Å². The zero-order valence-corrected chi connectivity index (χ0v) is 10.1. The molecule has 0 saturated heterocycles. The predicted octanol–water partition coefficient (Wildman–Crippen LogP) is 4.33. The summed E-state index contributed by atoms with van der Waals surface area (Å²) in [4.78, 5) is 4.68. The Morgan fingerprint density at radius 3 is 2.93 bits per heavy atom. The van der Waals surface area contributed by atoms with Crippen LogP contribution in [0.3, 0.4) is 0 Å². The first-order valence-corrected chi connectivity index (χ1v) is 6.50. The van der Waals surface area contributed by atoms with Crippen LogP contribution >= 0.6 is 27.3 Å². The molecule has 1 heterocycles. The van der Waals surface area contributed by atoms with Crippen LogP contribution in [0.5, 0.6) is 0 Å². The van der Waals surface area contributed by atoms with Crippen molar-refractivity contribution < 1.29 is 0 Å². The van der Waals surface area contributed by atoms with E-state index < -0.39 is 0 Å². The zero-order chi connectivity index (χ0) is 9.54. The highest BCUT2D eigenvalue weighted by atomic mass is 79.9. The van der Waals surface area contributed by atoms with Gasteiger partial charge < -0.3 is 0 Å². The Morgan fingerprint density at radius 2 is 2.21 bits per heavy atom. The average Bonchev–Trinajstić information content (AvgIpc) is 2.43. The molecule has 0 radical (unpaired) electrons. The molecule has 1 nitrogen and oxygen atoms in total. The van der Waals surface area contributed by atoms with E-state index in [1.165, 1.54) is 29.0 Å². The number of nitrogens with zero attached hydrogens (tertiary/aromatic N) is 1. The van der Waals surface area contributed by atoms with Crippen LogP contribution in [-0.2, 0) is 0 Å². The van der Waals surface area contributed by atoms with Crippen LogP contribution in [0.15, 0.2) is 22.7 Å². The lowest BCUT2D eigenvalue weighted by Crippen LogP contribution is -2.07. The summed E-state index contributed by atoms with van der Waals surface area (Å²) < 4.78 is 2.44. The fourth-order valence-corrected chi connectivity index (χ4v) is 3.21. The third-order valence-electron chi connectivity index (χ3n) is 2.82. The van der Waals surface area contributed by atoms with E-state index in [-0.39, 0.29) is 0 Å². The van der Waals surface area contributed by atoms with Crippen molar-refractivity contribution in [2.45, 2.75) is 25.2 Å². The molecule has 0 unspecified atom stereocenters. The Balaban J connectivity index is 2.10. The van der Waals surface area contributed by atoms with Gasteiger partial charge in [0.2, 0.25) is 0 Å². The van der Waals surface area contributed by atoms with Crippen molar-refractivity contribution in [3.05, 3.63) is 27.7 Å². The number of hydrogen-bond acceptors (Lipinski definition) is 2. The van der Waals surface area contributed by atoms with Crippen molar-refractivity contribution >= 4 is 37.5 Å². The summed E-state index contributed by atoms with van der Waals surface area (Å²) in [6.07, 6.45) is 4.05. The van der Waals surface area contributed by atoms with Crippen LogP contribution in [0.25, 0.3) is 10.2 Å². The fourth-order valence-electron chi connectivity index (χ4n) is 1.75. The van der Waals surface area contributed by atoms with Gasteiger partial charge in [-0.05, 0) is 31.0 Å². The fraction of sp³-hybridized carbons (Fsp3) is 0.364. The predicted molar refractivity (Wildman–Crippen MR) is 63.9 cm³/mol. The second-order valence-corrected chi connectivity index (χ2v) is 5.77. The smallest absolute Gasteiger partial charge is 0.0969 e. The van der Waals surface area contributed by atoms with Gasteiger partial charge in [0, 0.05) is 10.4 Å². The highest BCUT2D eigenvalue weighted by Gasteiger charge is 2.22. The Morgan fingerprint density at radius 1 is 1.36 bits per heavy atom. The molecule has 1 fully saturated rings. The minimum Gasteiger partial charge on any atom is -0.241 e. The van der Waals surface area contributed by atoms with Gasteiger partial charge >= 0.3 is 0 Å². The Labute approximate surface area is 95.3 Å². The summed E-state index contributed by atoms with van der Waals surface area (Å²) in [5, 5.41) is 1.34. The van der Waals surface area contributed by atoms with E-state index in [0.717, 1.165) is 15.9 Å². The van der Waals surface area contributed by atoms with Gasteiger partial charge in [0.25, 0.3) is 0 Å². The van der Waals surface area contributed by atoms with Gasteiger partial charge in [-0.25, -0.2) is 4.98 Å². The third kappa shape index (κ3) is 1.39. The standard InChI is InChI=1S/C11H10BrNS/c12-8-4-5-10-9(6-8)13-11(14-10)7-2-1-3-7/h4-7H,1-3H2.